The van der Waals surface area contributed by atoms with E-state index in [2.05, 4.69) is 22.2 Å². The summed E-state index contributed by atoms with van der Waals surface area (Å²) in [5.41, 5.74) is 3.17. The number of imidazole rings is 1. The zero-order chi connectivity index (χ0) is 13.0. The number of pyridine rings is 1. The van der Waals surface area contributed by atoms with Crippen LogP contribution in [-0.4, -0.2) is 34.8 Å². The number of hydrogen-bond acceptors (Lipinski definition) is 4. The summed E-state index contributed by atoms with van der Waals surface area (Å²) in [5, 5.41) is 3.26. The summed E-state index contributed by atoms with van der Waals surface area (Å²) in [7, 11) is 1.69. The van der Waals surface area contributed by atoms with E-state index in [0.717, 1.165) is 29.4 Å². The highest BCUT2D eigenvalue weighted by molar-refractivity contribution is 5.46. The first-order valence-corrected chi connectivity index (χ1v) is 5.92. The Bertz CT molecular complexity index is 521. The number of hydrogen-bond donors (Lipinski definition) is 1. The topological polar surface area (TPSA) is 52.0 Å². The maximum Gasteiger partial charge on any atom is 0.207 e. The zero-order valence-corrected chi connectivity index (χ0v) is 11.0. The molecular weight excluding hydrogens is 228 g/mol. The Morgan fingerprint density at radius 2 is 2.22 bits per heavy atom. The van der Waals surface area contributed by atoms with E-state index in [0.29, 0.717) is 6.61 Å². The van der Waals surface area contributed by atoms with E-state index in [9.17, 15) is 0 Å². The first kappa shape index (κ1) is 12.6. The first-order chi connectivity index (χ1) is 8.72. The van der Waals surface area contributed by atoms with Gasteiger partial charge in [0.05, 0.1) is 24.2 Å². The number of anilines is 1. The van der Waals surface area contributed by atoms with Crippen molar-refractivity contribution in [2.24, 2.45) is 0 Å². The van der Waals surface area contributed by atoms with Gasteiger partial charge >= 0.3 is 0 Å². The molecule has 0 unspecified atom stereocenters. The van der Waals surface area contributed by atoms with Gasteiger partial charge in [-0.25, -0.2) is 4.98 Å². The predicted octanol–water partition coefficient (Wildman–Crippen LogP) is 1.94. The van der Waals surface area contributed by atoms with Crippen molar-refractivity contribution in [2.75, 3.05) is 25.6 Å². The van der Waals surface area contributed by atoms with Crippen LogP contribution in [0.2, 0.25) is 0 Å². The molecule has 0 radical (unpaired) electrons. The molecule has 2 aromatic rings. The summed E-state index contributed by atoms with van der Waals surface area (Å²) in [6.07, 6.45) is 5.64. The molecule has 0 saturated carbocycles. The van der Waals surface area contributed by atoms with Gasteiger partial charge in [-0.3, -0.25) is 9.55 Å². The Morgan fingerprint density at radius 1 is 1.39 bits per heavy atom. The molecule has 0 aliphatic carbocycles. The van der Waals surface area contributed by atoms with Crippen LogP contribution in [-0.2, 0) is 4.74 Å². The monoisotopic (exact) mass is 246 g/mol. The van der Waals surface area contributed by atoms with E-state index in [-0.39, 0.29) is 0 Å². The molecule has 0 atom stereocenters. The summed E-state index contributed by atoms with van der Waals surface area (Å²) >= 11 is 0. The maximum absolute atomic E-state index is 5.03. The number of aryl methyl sites for hydroxylation is 2. The Morgan fingerprint density at radius 3 is 2.94 bits per heavy atom. The van der Waals surface area contributed by atoms with Crippen molar-refractivity contribution >= 4 is 5.95 Å². The second kappa shape index (κ2) is 5.64. The number of methoxy groups -OCH3 is 1. The molecule has 0 amide bonds. The lowest BCUT2D eigenvalue weighted by atomic mass is 10.2. The SMILES string of the molecule is COCCNc1nc(C)cn1-c1cnccc1C. The second-order valence-corrected chi connectivity index (χ2v) is 4.16. The summed E-state index contributed by atoms with van der Waals surface area (Å²) in [5.74, 6) is 0.820. The van der Waals surface area contributed by atoms with E-state index >= 15 is 0 Å². The standard InChI is InChI=1S/C13H18N4O/c1-10-4-5-14-8-12(10)17-9-11(2)16-13(17)15-6-7-18-3/h4-5,8-9H,6-7H2,1-3H3,(H,15,16). The largest absolute Gasteiger partial charge is 0.383 e. The minimum Gasteiger partial charge on any atom is -0.383 e. The lowest BCUT2D eigenvalue weighted by Crippen LogP contribution is -2.12. The molecule has 5 nitrogen and oxygen atoms in total. The van der Waals surface area contributed by atoms with Gasteiger partial charge in [-0.15, -0.1) is 0 Å². The molecule has 5 heteroatoms. The van der Waals surface area contributed by atoms with Gasteiger partial charge in [0.2, 0.25) is 5.95 Å². The van der Waals surface area contributed by atoms with Crippen LogP contribution < -0.4 is 5.32 Å². The van der Waals surface area contributed by atoms with Gasteiger partial charge in [0.15, 0.2) is 0 Å². The zero-order valence-electron chi connectivity index (χ0n) is 11.0. The predicted molar refractivity (Wildman–Crippen MR) is 71.2 cm³/mol. The smallest absolute Gasteiger partial charge is 0.207 e. The molecule has 0 aliphatic rings. The Labute approximate surface area is 107 Å². The van der Waals surface area contributed by atoms with Gasteiger partial charge in [-0.1, -0.05) is 0 Å². The minimum absolute atomic E-state index is 0.651. The van der Waals surface area contributed by atoms with Gasteiger partial charge in [-0.05, 0) is 25.5 Å². The van der Waals surface area contributed by atoms with Gasteiger partial charge in [0.25, 0.3) is 0 Å². The highest BCUT2D eigenvalue weighted by Gasteiger charge is 2.08. The number of aromatic nitrogens is 3. The van der Waals surface area contributed by atoms with E-state index in [1.165, 1.54) is 0 Å². The molecule has 0 aromatic carbocycles. The number of rotatable bonds is 5. The summed E-state index contributed by atoms with van der Waals surface area (Å²) in [6.45, 7) is 5.42. The number of ether oxygens (including phenoxy) is 1. The second-order valence-electron chi connectivity index (χ2n) is 4.16. The third-order valence-electron chi connectivity index (χ3n) is 2.69. The van der Waals surface area contributed by atoms with Crippen LogP contribution in [0.1, 0.15) is 11.3 Å². The molecule has 2 aromatic heterocycles. The molecule has 18 heavy (non-hydrogen) atoms. The summed E-state index contributed by atoms with van der Waals surface area (Å²) in [4.78, 5) is 8.64. The molecule has 0 spiro atoms. The average Bonchev–Trinajstić information content (AvgIpc) is 2.71. The highest BCUT2D eigenvalue weighted by Crippen LogP contribution is 2.18. The molecule has 96 valence electrons. The lowest BCUT2D eigenvalue weighted by Gasteiger charge is -2.11. The Hall–Kier alpha value is -1.88. The number of nitrogens with one attached hydrogen (secondary N) is 1. The van der Waals surface area contributed by atoms with Crippen molar-refractivity contribution in [3.8, 4) is 5.69 Å². The van der Waals surface area contributed by atoms with Crippen molar-refractivity contribution in [1.82, 2.24) is 14.5 Å². The molecular formula is C13H18N4O. The van der Waals surface area contributed by atoms with E-state index in [1.807, 2.05) is 30.0 Å². The van der Waals surface area contributed by atoms with Crippen LogP contribution in [0.4, 0.5) is 5.95 Å². The summed E-state index contributed by atoms with van der Waals surface area (Å²) < 4.78 is 7.05. The van der Waals surface area contributed by atoms with Crippen molar-refractivity contribution in [3.63, 3.8) is 0 Å². The fourth-order valence-electron chi connectivity index (χ4n) is 1.78. The van der Waals surface area contributed by atoms with Crippen LogP contribution in [0.15, 0.2) is 24.7 Å². The Kier molecular flexibility index (Phi) is 3.94. The van der Waals surface area contributed by atoms with Crippen LogP contribution >= 0.6 is 0 Å². The molecule has 2 rings (SSSR count). The molecule has 0 bridgehead atoms. The van der Waals surface area contributed by atoms with Crippen molar-refractivity contribution in [3.05, 3.63) is 35.9 Å². The van der Waals surface area contributed by atoms with Gasteiger partial charge in [-0.2, -0.15) is 0 Å². The third-order valence-corrected chi connectivity index (χ3v) is 2.69. The normalized spacial score (nSPS) is 10.6. The van der Waals surface area contributed by atoms with Crippen LogP contribution in [0.5, 0.6) is 0 Å². The molecule has 0 aliphatic heterocycles. The van der Waals surface area contributed by atoms with Crippen LogP contribution in [0, 0.1) is 13.8 Å². The maximum atomic E-state index is 5.03. The lowest BCUT2D eigenvalue weighted by molar-refractivity contribution is 0.210. The van der Waals surface area contributed by atoms with Gasteiger partial charge < -0.3 is 10.1 Å². The average molecular weight is 246 g/mol. The van der Waals surface area contributed by atoms with Gasteiger partial charge in [0.1, 0.15) is 0 Å². The van der Waals surface area contributed by atoms with Crippen molar-refractivity contribution < 1.29 is 4.74 Å². The molecule has 1 N–H and O–H groups in total. The fraction of sp³-hybridized carbons (Fsp3) is 0.385. The van der Waals surface area contributed by atoms with E-state index < -0.39 is 0 Å². The summed E-state index contributed by atoms with van der Waals surface area (Å²) in [6, 6.07) is 1.99. The van der Waals surface area contributed by atoms with Crippen LogP contribution in [0.3, 0.4) is 0 Å². The van der Waals surface area contributed by atoms with E-state index in [4.69, 9.17) is 4.74 Å². The minimum atomic E-state index is 0.651. The first-order valence-electron chi connectivity index (χ1n) is 5.92. The number of nitrogens with zero attached hydrogens (tertiary/aromatic N) is 3. The van der Waals surface area contributed by atoms with Crippen molar-refractivity contribution in [1.29, 1.82) is 0 Å². The fourth-order valence-corrected chi connectivity index (χ4v) is 1.78. The highest BCUT2D eigenvalue weighted by atomic mass is 16.5. The molecule has 2 heterocycles. The third kappa shape index (κ3) is 2.68. The molecule has 0 fully saturated rings. The molecule has 0 saturated heterocycles. The van der Waals surface area contributed by atoms with Crippen molar-refractivity contribution in [2.45, 2.75) is 13.8 Å². The Balaban J connectivity index is 2.30. The van der Waals surface area contributed by atoms with Gasteiger partial charge in [0, 0.05) is 26.0 Å². The van der Waals surface area contributed by atoms with Crippen LogP contribution in [0.25, 0.3) is 5.69 Å². The van der Waals surface area contributed by atoms with E-state index in [1.54, 1.807) is 13.3 Å². The quantitative estimate of drug-likeness (QED) is 0.819.